The van der Waals surface area contributed by atoms with E-state index in [1.54, 1.807) is 0 Å². The summed E-state index contributed by atoms with van der Waals surface area (Å²) in [4.78, 5) is 11.8. The highest BCUT2D eigenvalue weighted by Gasteiger charge is 2.49. The van der Waals surface area contributed by atoms with E-state index in [2.05, 4.69) is 0 Å². The number of carbonyl (C=O) groups excluding carboxylic acids is 1. The van der Waals surface area contributed by atoms with E-state index in [1.165, 1.54) is 32.1 Å². The lowest BCUT2D eigenvalue weighted by Crippen LogP contribution is -2.47. The Bertz CT molecular complexity index is 233. The first-order valence-corrected chi connectivity index (χ1v) is 6.00. The molecule has 1 nitrogen and oxygen atoms in total. The predicted octanol–water partition coefficient (Wildman–Crippen LogP) is 2.21. The predicted molar refractivity (Wildman–Crippen MR) is 56.1 cm³/mol. The van der Waals surface area contributed by atoms with Gasteiger partial charge in [0.25, 0.3) is 0 Å². The van der Waals surface area contributed by atoms with Crippen molar-refractivity contribution in [3.05, 3.63) is 0 Å². The molecule has 0 aliphatic heterocycles. The van der Waals surface area contributed by atoms with Gasteiger partial charge in [-0.2, -0.15) is 0 Å². The number of rotatable bonds is 2. The van der Waals surface area contributed by atoms with Crippen molar-refractivity contribution in [1.82, 2.24) is 0 Å². The largest absolute Gasteiger partial charge is 0.300 e. The van der Waals surface area contributed by atoms with Crippen LogP contribution in [0.2, 0.25) is 6.32 Å². The molecule has 0 amide bonds. The Kier molecular flexibility index (Phi) is 2.00. The summed E-state index contributed by atoms with van der Waals surface area (Å²) in [5, 5.41) is 0. The van der Waals surface area contributed by atoms with E-state index in [9.17, 15) is 4.79 Å². The molecule has 0 spiro atoms. The number of hydrogen-bond acceptors (Lipinski definition) is 1. The van der Waals surface area contributed by atoms with Gasteiger partial charge >= 0.3 is 0 Å². The topological polar surface area (TPSA) is 17.1 Å². The van der Waals surface area contributed by atoms with E-state index in [-0.39, 0.29) is 6.32 Å². The Balaban J connectivity index is 1.84. The molecule has 4 rings (SSSR count). The summed E-state index contributed by atoms with van der Waals surface area (Å²) in [7, 11) is 5.50. The summed E-state index contributed by atoms with van der Waals surface area (Å²) >= 11 is 0. The van der Waals surface area contributed by atoms with Crippen molar-refractivity contribution in [2.45, 2.75) is 38.4 Å². The molecule has 0 aromatic carbocycles. The number of carbonyl (C=O) groups is 1. The molecular formula is C12H17BO. The van der Waals surface area contributed by atoms with Crippen LogP contribution in [0.3, 0.4) is 0 Å². The van der Waals surface area contributed by atoms with E-state index in [0.29, 0.717) is 23.5 Å². The molecule has 0 saturated heterocycles. The third-order valence-corrected chi connectivity index (χ3v) is 4.80. The second-order valence-electron chi connectivity index (χ2n) is 5.63. The van der Waals surface area contributed by atoms with Crippen LogP contribution < -0.4 is 0 Å². The first kappa shape index (κ1) is 9.00. The van der Waals surface area contributed by atoms with Gasteiger partial charge in [-0.05, 0) is 62.1 Å². The van der Waals surface area contributed by atoms with Gasteiger partial charge in [0.15, 0.2) is 0 Å². The summed E-state index contributed by atoms with van der Waals surface area (Å²) < 4.78 is 0. The highest BCUT2D eigenvalue weighted by atomic mass is 16.1. The van der Waals surface area contributed by atoms with E-state index in [4.69, 9.17) is 7.85 Å². The van der Waals surface area contributed by atoms with Crippen LogP contribution >= 0.6 is 0 Å². The third-order valence-electron chi connectivity index (χ3n) is 4.80. The molecule has 0 heterocycles. The van der Waals surface area contributed by atoms with E-state index in [0.717, 1.165) is 11.8 Å². The second kappa shape index (κ2) is 3.11. The van der Waals surface area contributed by atoms with Crippen molar-refractivity contribution in [2.75, 3.05) is 0 Å². The molecule has 4 aliphatic rings. The fourth-order valence-corrected chi connectivity index (χ4v) is 4.59. The van der Waals surface area contributed by atoms with Gasteiger partial charge in [-0.3, -0.25) is 0 Å². The van der Waals surface area contributed by atoms with Gasteiger partial charge in [0.05, 0.1) is 7.85 Å². The van der Waals surface area contributed by atoms with E-state index < -0.39 is 0 Å². The van der Waals surface area contributed by atoms with Crippen LogP contribution in [0, 0.1) is 29.6 Å². The molecule has 4 aliphatic carbocycles. The van der Waals surface area contributed by atoms with Crippen molar-refractivity contribution in [3.8, 4) is 0 Å². The first-order chi connectivity index (χ1) is 6.78. The molecule has 0 atom stereocenters. The molecule has 2 heteroatoms. The monoisotopic (exact) mass is 188 g/mol. The highest BCUT2D eigenvalue weighted by molar-refractivity contribution is 6.20. The molecule has 0 aromatic rings. The Morgan fingerprint density at radius 1 is 1.00 bits per heavy atom. The maximum Gasteiger partial charge on any atom is 0.128 e. The van der Waals surface area contributed by atoms with Crippen LogP contribution in [0.5, 0.6) is 0 Å². The lowest BCUT2D eigenvalue weighted by molar-refractivity contribution is -0.133. The Labute approximate surface area is 87.0 Å². The molecule has 4 bridgehead atoms. The highest BCUT2D eigenvalue weighted by Crippen LogP contribution is 2.56. The normalized spacial score (nSPS) is 49.6. The minimum absolute atomic E-state index is 0.271. The summed E-state index contributed by atoms with van der Waals surface area (Å²) in [6, 6.07) is 0. The molecule has 2 radical (unpaired) electrons. The number of Topliss-reactive ketones (excluding diaryl/α,β-unsaturated/α-hetero) is 1. The molecule has 0 aromatic heterocycles. The maximum atomic E-state index is 11.8. The first-order valence-electron chi connectivity index (χ1n) is 6.00. The van der Waals surface area contributed by atoms with Gasteiger partial charge in [0, 0.05) is 5.92 Å². The summed E-state index contributed by atoms with van der Waals surface area (Å²) in [5.41, 5.74) is 0. The molecular weight excluding hydrogens is 171 g/mol. The Morgan fingerprint density at radius 3 is 1.93 bits per heavy atom. The van der Waals surface area contributed by atoms with Crippen molar-refractivity contribution in [2.24, 2.45) is 29.6 Å². The van der Waals surface area contributed by atoms with Crippen molar-refractivity contribution in [1.29, 1.82) is 0 Å². The Morgan fingerprint density at radius 2 is 1.50 bits per heavy atom. The fourth-order valence-electron chi connectivity index (χ4n) is 4.59. The summed E-state index contributed by atoms with van der Waals surface area (Å²) in [6.07, 6.45) is 7.02. The minimum atomic E-state index is 0.271. The molecule has 0 N–H and O–H groups in total. The van der Waals surface area contributed by atoms with Gasteiger partial charge in [0.1, 0.15) is 5.78 Å². The van der Waals surface area contributed by atoms with Crippen LogP contribution in [0.1, 0.15) is 32.1 Å². The second-order valence-corrected chi connectivity index (χ2v) is 5.63. The lowest BCUT2D eigenvalue weighted by Gasteiger charge is -2.53. The van der Waals surface area contributed by atoms with Crippen LogP contribution in [-0.2, 0) is 4.79 Å². The van der Waals surface area contributed by atoms with Crippen molar-refractivity contribution >= 4 is 13.6 Å². The standard InChI is InChI=1S/C12H17BO/c13-6-11(14)12-9-2-7-1-8(4-9)5-10(12)3-7/h7-10,12H,1-6H2. The molecule has 4 saturated carbocycles. The fraction of sp³-hybridized carbons (Fsp3) is 0.917. The summed E-state index contributed by atoms with van der Waals surface area (Å²) in [5.74, 6) is 4.04. The molecule has 4 fully saturated rings. The molecule has 0 unspecified atom stereocenters. The average Bonchev–Trinajstić information content (AvgIpc) is 2.15. The van der Waals surface area contributed by atoms with Gasteiger partial charge in [-0.15, -0.1) is 0 Å². The van der Waals surface area contributed by atoms with Crippen LogP contribution in [0.25, 0.3) is 0 Å². The van der Waals surface area contributed by atoms with Crippen LogP contribution in [-0.4, -0.2) is 13.6 Å². The van der Waals surface area contributed by atoms with Gasteiger partial charge < -0.3 is 4.79 Å². The van der Waals surface area contributed by atoms with E-state index in [1.807, 2.05) is 0 Å². The van der Waals surface area contributed by atoms with Crippen LogP contribution in [0.4, 0.5) is 0 Å². The quantitative estimate of drug-likeness (QED) is 0.607. The SMILES string of the molecule is [B]CC(=O)C1C2CC3CC(C2)CC1C3. The van der Waals surface area contributed by atoms with Crippen molar-refractivity contribution in [3.63, 3.8) is 0 Å². The minimum Gasteiger partial charge on any atom is -0.300 e. The van der Waals surface area contributed by atoms with Gasteiger partial charge in [0.2, 0.25) is 0 Å². The zero-order chi connectivity index (χ0) is 9.71. The third kappa shape index (κ3) is 1.19. The zero-order valence-electron chi connectivity index (χ0n) is 8.61. The van der Waals surface area contributed by atoms with Crippen LogP contribution in [0.15, 0.2) is 0 Å². The van der Waals surface area contributed by atoms with Gasteiger partial charge in [-0.25, -0.2) is 0 Å². The maximum absolute atomic E-state index is 11.8. The summed E-state index contributed by atoms with van der Waals surface area (Å²) in [6.45, 7) is 0. The van der Waals surface area contributed by atoms with Crippen molar-refractivity contribution < 1.29 is 4.79 Å². The average molecular weight is 188 g/mol. The molecule has 14 heavy (non-hydrogen) atoms. The smallest absolute Gasteiger partial charge is 0.128 e. The number of ketones is 1. The lowest BCUT2D eigenvalue weighted by atomic mass is 9.50. The number of hydrogen-bond donors (Lipinski definition) is 0. The molecule has 74 valence electrons. The Hall–Kier alpha value is -0.265. The zero-order valence-corrected chi connectivity index (χ0v) is 8.61. The van der Waals surface area contributed by atoms with E-state index >= 15 is 0 Å². The van der Waals surface area contributed by atoms with Gasteiger partial charge in [-0.1, -0.05) is 0 Å².